The zero-order valence-corrected chi connectivity index (χ0v) is 17.3. The molecule has 5 rings (SSSR count). The van der Waals surface area contributed by atoms with Crippen LogP contribution in [0.5, 0.6) is 0 Å². The zero-order valence-electron chi connectivity index (χ0n) is 17.3. The number of anilines is 1. The van der Waals surface area contributed by atoms with Gasteiger partial charge in [0.05, 0.1) is 17.2 Å². The van der Waals surface area contributed by atoms with Crippen LogP contribution in [-0.4, -0.2) is 43.9 Å². The second-order valence-electron chi connectivity index (χ2n) is 8.19. The van der Waals surface area contributed by atoms with Gasteiger partial charge in [-0.3, -0.25) is 4.79 Å². The van der Waals surface area contributed by atoms with E-state index in [1.165, 1.54) is 24.3 Å². The number of carbonyl (C=O) groups excluding carboxylic acids is 1. The molecule has 0 spiro atoms. The Bertz CT molecular complexity index is 1170. The standard InChI is InChI=1S/C23H19F4N5O/c24-14-3-5-16(21-28-8-1-9-29-21)17(10-14)22(33)32-15-4-6-19(32)18(11-15)31-20-7-2-13(12-30-20)23(25,26)27/h1-3,5,7-10,12,15,18-19H,4,6,11H2,(H,30,31)/t15-,18-,19+/m1/s1. The van der Waals surface area contributed by atoms with Crippen molar-refractivity contribution in [3.8, 4) is 11.4 Å². The van der Waals surface area contributed by atoms with Crippen molar-refractivity contribution in [3.05, 3.63) is 71.9 Å². The number of carbonyl (C=O) groups is 1. The van der Waals surface area contributed by atoms with Gasteiger partial charge in [0.1, 0.15) is 11.6 Å². The smallest absolute Gasteiger partial charge is 0.365 e. The molecule has 2 aliphatic rings. The Morgan fingerprint density at radius 1 is 1.06 bits per heavy atom. The van der Waals surface area contributed by atoms with E-state index in [4.69, 9.17) is 0 Å². The molecule has 10 heteroatoms. The van der Waals surface area contributed by atoms with Gasteiger partial charge in [-0.2, -0.15) is 13.2 Å². The van der Waals surface area contributed by atoms with E-state index in [1.807, 2.05) is 0 Å². The molecule has 2 bridgehead atoms. The first-order valence-corrected chi connectivity index (χ1v) is 10.5. The van der Waals surface area contributed by atoms with E-state index >= 15 is 0 Å². The lowest BCUT2D eigenvalue weighted by Crippen LogP contribution is -2.40. The molecule has 1 amide bonds. The summed E-state index contributed by atoms with van der Waals surface area (Å²) in [6.45, 7) is 0. The summed E-state index contributed by atoms with van der Waals surface area (Å²) in [5.74, 6) is -0.199. The van der Waals surface area contributed by atoms with Gasteiger partial charge < -0.3 is 10.2 Å². The van der Waals surface area contributed by atoms with Crippen molar-refractivity contribution in [2.45, 2.75) is 43.6 Å². The number of pyridine rings is 1. The van der Waals surface area contributed by atoms with Crippen LogP contribution in [-0.2, 0) is 6.18 Å². The molecule has 3 atom stereocenters. The van der Waals surface area contributed by atoms with Gasteiger partial charge in [-0.1, -0.05) is 0 Å². The molecule has 0 aliphatic carbocycles. The lowest BCUT2D eigenvalue weighted by molar-refractivity contribution is -0.137. The minimum absolute atomic E-state index is 0.0535. The van der Waals surface area contributed by atoms with Gasteiger partial charge in [0.15, 0.2) is 5.82 Å². The van der Waals surface area contributed by atoms with Crippen LogP contribution in [0, 0.1) is 5.82 Å². The van der Waals surface area contributed by atoms with Crippen molar-refractivity contribution in [3.63, 3.8) is 0 Å². The van der Waals surface area contributed by atoms with E-state index in [9.17, 15) is 22.4 Å². The van der Waals surface area contributed by atoms with E-state index in [-0.39, 0.29) is 29.6 Å². The number of nitrogens with zero attached hydrogens (tertiary/aromatic N) is 4. The SMILES string of the molecule is O=C(c1cc(F)ccc1-c1ncccn1)N1[C@@H]2CC[C@H]1[C@H](Nc1ccc(C(F)(F)F)cn1)C2. The molecule has 0 radical (unpaired) electrons. The molecule has 170 valence electrons. The summed E-state index contributed by atoms with van der Waals surface area (Å²) in [6, 6.07) is 7.48. The highest BCUT2D eigenvalue weighted by Crippen LogP contribution is 2.41. The number of rotatable bonds is 4. The Balaban J connectivity index is 1.39. The lowest BCUT2D eigenvalue weighted by atomic mass is 9.95. The first kappa shape index (κ1) is 21.3. The van der Waals surface area contributed by atoms with Crippen LogP contribution < -0.4 is 5.32 Å². The maximum Gasteiger partial charge on any atom is 0.417 e. The molecule has 4 heterocycles. The number of alkyl halides is 3. The fraction of sp³-hybridized carbons (Fsp3) is 0.304. The van der Waals surface area contributed by atoms with Gasteiger partial charge in [0.2, 0.25) is 0 Å². The largest absolute Gasteiger partial charge is 0.417 e. The fourth-order valence-electron chi connectivity index (χ4n) is 4.76. The molecule has 0 saturated carbocycles. The van der Waals surface area contributed by atoms with Crippen LogP contribution in [0.2, 0.25) is 0 Å². The monoisotopic (exact) mass is 457 g/mol. The molecule has 1 aromatic carbocycles. The van der Waals surface area contributed by atoms with Gasteiger partial charge in [0, 0.05) is 36.2 Å². The van der Waals surface area contributed by atoms with Gasteiger partial charge >= 0.3 is 6.18 Å². The molecule has 1 N–H and O–H groups in total. The third-order valence-corrected chi connectivity index (χ3v) is 6.21. The first-order valence-electron chi connectivity index (χ1n) is 10.5. The van der Waals surface area contributed by atoms with Crippen molar-refractivity contribution in [2.75, 3.05) is 5.32 Å². The molecule has 33 heavy (non-hydrogen) atoms. The average molecular weight is 457 g/mol. The topological polar surface area (TPSA) is 71.0 Å². The third-order valence-electron chi connectivity index (χ3n) is 6.21. The zero-order chi connectivity index (χ0) is 23.2. The second kappa shape index (κ2) is 8.09. The van der Waals surface area contributed by atoms with Crippen molar-refractivity contribution in [1.82, 2.24) is 19.9 Å². The molecular weight excluding hydrogens is 438 g/mol. The Morgan fingerprint density at radius 2 is 1.85 bits per heavy atom. The Hall–Kier alpha value is -3.56. The number of hydrogen-bond acceptors (Lipinski definition) is 5. The molecule has 6 nitrogen and oxygen atoms in total. The highest BCUT2D eigenvalue weighted by Gasteiger charge is 2.49. The Morgan fingerprint density at radius 3 is 2.55 bits per heavy atom. The van der Waals surface area contributed by atoms with Gasteiger partial charge in [0.25, 0.3) is 5.91 Å². The minimum Gasteiger partial charge on any atom is -0.365 e. The average Bonchev–Trinajstić information content (AvgIpc) is 3.36. The fourth-order valence-corrected chi connectivity index (χ4v) is 4.76. The molecule has 3 aromatic rings. The van der Waals surface area contributed by atoms with E-state index in [1.54, 1.807) is 23.4 Å². The summed E-state index contributed by atoms with van der Waals surface area (Å²) >= 11 is 0. The Kier molecular flexibility index (Phi) is 5.22. The number of aromatic nitrogens is 3. The highest BCUT2D eigenvalue weighted by molar-refractivity contribution is 6.01. The molecule has 2 fully saturated rings. The summed E-state index contributed by atoms with van der Waals surface area (Å²) in [5, 5.41) is 3.17. The van der Waals surface area contributed by atoms with Crippen LogP contribution >= 0.6 is 0 Å². The number of amides is 1. The van der Waals surface area contributed by atoms with Crippen molar-refractivity contribution in [2.24, 2.45) is 0 Å². The summed E-state index contributed by atoms with van der Waals surface area (Å²) in [6.07, 6.45) is 1.62. The molecular formula is C23H19F4N5O. The number of fused-ring (bicyclic) bond motifs is 2. The predicted octanol–water partition coefficient (Wildman–Crippen LogP) is 4.55. The summed E-state index contributed by atoms with van der Waals surface area (Å²) in [5.41, 5.74) is -0.187. The summed E-state index contributed by atoms with van der Waals surface area (Å²) in [4.78, 5) is 27.6. The van der Waals surface area contributed by atoms with Crippen LogP contribution in [0.3, 0.4) is 0 Å². The second-order valence-corrected chi connectivity index (χ2v) is 8.19. The van der Waals surface area contributed by atoms with Crippen molar-refractivity contribution < 1.29 is 22.4 Å². The van der Waals surface area contributed by atoms with Crippen molar-refractivity contribution >= 4 is 11.7 Å². The van der Waals surface area contributed by atoms with Gasteiger partial charge in [-0.05, 0) is 55.7 Å². The van der Waals surface area contributed by atoms with Crippen LogP contribution in [0.15, 0.2) is 55.0 Å². The molecule has 2 saturated heterocycles. The quantitative estimate of drug-likeness (QED) is 0.582. The van der Waals surface area contributed by atoms with Crippen LogP contribution in [0.25, 0.3) is 11.4 Å². The first-order chi connectivity index (χ1) is 15.8. The summed E-state index contributed by atoms with van der Waals surface area (Å²) < 4.78 is 52.5. The van der Waals surface area contributed by atoms with Gasteiger partial charge in [-0.15, -0.1) is 0 Å². The number of halogens is 4. The molecule has 2 aromatic heterocycles. The van der Waals surface area contributed by atoms with E-state index in [0.29, 0.717) is 23.6 Å². The van der Waals surface area contributed by atoms with Gasteiger partial charge in [-0.25, -0.2) is 19.3 Å². The lowest BCUT2D eigenvalue weighted by Gasteiger charge is -2.26. The molecule has 0 unspecified atom stereocenters. The highest BCUT2D eigenvalue weighted by atomic mass is 19.4. The summed E-state index contributed by atoms with van der Waals surface area (Å²) in [7, 11) is 0. The number of nitrogens with one attached hydrogen (secondary N) is 1. The van der Waals surface area contributed by atoms with Crippen LogP contribution in [0.4, 0.5) is 23.4 Å². The molecule has 2 aliphatic heterocycles. The van der Waals surface area contributed by atoms with Crippen molar-refractivity contribution in [1.29, 1.82) is 0 Å². The Labute approximate surface area is 186 Å². The van der Waals surface area contributed by atoms with E-state index in [2.05, 4.69) is 20.3 Å². The van der Waals surface area contributed by atoms with Crippen LogP contribution in [0.1, 0.15) is 35.2 Å². The normalized spacial score (nSPS) is 21.9. The third kappa shape index (κ3) is 4.01. The van der Waals surface area contributed by atoms with E-state index in [0.717, 1.165) is 25.1 Å². The maximum absolute atomic E-state index is 14.1. The predicted molar refractivity (Wildman–Crippen MR) is 112 cm³/mol. The van der Waals surface area contributed by atoms with E-state index < -0.39 is 17.6 Å². The number of benzene rings is 1. The minimum atomic E-state index is -4.45. The maximum atomic E-state index is 14.1. The number of hydrogen-bond donors (Lipinski definition) is 1.